The highest BCUT2D eigenvalue weighted by molar-refractivity contribution is 7.98. The van der Waals surface area contributed by atoms with Gasteiger partial charge in [0.25, 0.3) is 0 Å². The third-order valence-electron chi connectivity index (χ3n) is 4.53. The van der Waals surface area contributed by atoms with E-state index in [4.69, 9.17) is 8.94 Å². The number of hydrogen-bond acceptors (Lipinski definition) is 8. The van der Waals surface area contributed by atoms with E-state index >= 15 is 0 Å². The summed E-state index contributed by atoms with van der Waals surface area (Å²) in [6, 6.07) is 16.1. The van der Waals surface area contributed by atoms with Gasteiger partial charge < -0.3 is 8.94 Å². The number of aromatic nitrogens is 5. The number of aryl methyl sites for hydroxylation is 1. The van der Waals surface area contributed by atoms with Crippen molar-refractivity contribution in [3.63, 3.8) is 0 Å². The summed E-state index contributed by atoms with van der Waals surface area (Å²) in [5.74, 6) is 3.26. The minimum absolute atomic E-state index is 0.510. The van der Waals surface area contributed by atoms with Crippen LogP contribution in [0.15, 0.2) is 74.3 Å². The van der Waals surface area contributed by atoms with E-state index in [1.807, 2.05) is 48.7 Å². The second-order valence-electron chi connectivity index (χ2n) is 6.55. The number of thioether (sulfide) groups is 1. The lowest BCUT2D eigenvalue weighted by Gasteiger charge is -2.09. The Kier molecular flexibility index (Phi) is 5.20. The van der Waals surface area contributed by atoms with Crippen LogP contribution in [0.5, 0.6) is 0 Å². The summed E-state index contributed by atoms with van der Waals surface area (Å²) in [6.07, 6.45) is 1.67. The van der Waals surface area contributed by atoms with Gasteiger partial charge in [-0.3, -0.25) is 4.57 Å². The fourth-order valence-corrected chi connectivity index (χ4v) is 4.49. The van der Waals surface area contributed by atoms with Crippen molar-refractivity contribution in [3.05, 3.63) is 77.4 Å². The van der Waals surface area contributed by atoms with Crippen LogP contribution in [0, 0.1) is 6.92 Å². The summed E-state index contributed by atoms with van der Waals surface area (Å²) in [4.78, 5) is 5.48. The molecule has 0 aliphatic rings. The monoisotopic (exact) mass is 435 g/mol. The molecule has 0 radical (unpaired) electrons. The van der Waals surface area contributed by atoms with Crippen molar-refractivity contribution in [1.82, 2.24) is 24.9 Å². The van der Waals surface area contributed by atoms with E-state index in [1.165, 1.54) is 17.3 Å². The average Bonchev–Trinajstić information content (AvgIpc) is 3.55. The third kappa shape index (κ3) is 3.81. The van der Waals surface area contributed by atoms with Crippen molar-refractivity contribution >= 4 is 23.1 Å². The van der Waals surface area contributed by atoms with Gasteiger partial charge in [0.2, 0.25) is 11.7 Å². The van der Waals surface area contributed by atoms with Crippen molar-refractivity contribution in [2.45, 2.75) is 24.4 Å². The molecule has 0 atom stereocenters. The van der Waals surface area contributed by atoms with Crippen LogP contribution in [0.3, 0.4) is 0 Å². The first-order chi connectivity index (χ1) is 14.8. The predicted molar refractivity (Wildman–Crippen MR) is 115 cm³/mol. The molecule has 0 spiro atoms. The Hall–Kier alpha value is -3.17. The van der Waals surface area contributed by atoms with Gasteiger partial charge >= 0.3 is 0 Å². The van der Waals surface area contributed by atoms with Gasteiger partial charge in [-0.05, 0) is 30.0 Å². The molecule has 0 bridgehead atoms. The Labute approximate surface area is 180 Å². The van der Waals surface area contributed by atoms with E-state index in [1.54, 1.807) is 17.6 Å². The third-order valence-corrected chi connectivity index (χ3v) is 6.35. The number of benzene rings is 1. The zero-order chi connectivity index (χ0) is 20.3. The van der Waals surface area contributed by atoms with Gasteiger partial charge in [-0.15, -0.1) is 21.5 Å². The Morgan fingerprint density at radius 1 is 1.07 bits per heavy atom. The molecule has 0 fully saturated rings. The van der Waals surface area contributed by atoms with Crippen molar-refractivity contribution < 1.29 is 8.94 Å². The van der Waals surface area contributed by atoms with Gasteiger partial charge in [-0.2, -0.15) is 4.98 Å². The second kappa shape index (κ2) is 8.29. The Morgan fingerprint density at radius 2 is 1.97 bits per heavy atom. The van der Waals surface area contributed by atoms with Gasteiger partial charge in [0.05, 0.1) is 29.0 Å². The largest absolute Gasteiger partial charge is 0.469 e. The molecule has 150 valence electrons. The summed E-state index contributed by atoms with van der Waals surface area (Å²) in [5.41, 5.74) is 2.10. The molecule has 4 heterocycles. The molecule has 5 aromatic rings. The minimum Gasteiger partial charge on any atom is -0.469 e. The number of rotatable bonds is 7. The Bertz CT molecular complexity index is 1240. The number of hydrogen-bond donors (Lipinski definition) is 0. The molecular formula is C21H17N5O2S2. The van der Waals surface area contributed by atoms with Gasteiger partial charge in [-0.25, -0.2) is 0 Å². The maximum Gasteiger partial charge on any atom is 0.237 e. The van der Waals surface area contributed by atoms with Gasteiger partial charge in [0.1, 0.15) is 5.76 Å². The first kappa shape index (κ1) is 18.8. The normalized spacial score (nSPS) is 11.2. The van der Waals surface area contributed by atoms with Crippen LogP contribution in [-0.4, -0.2) is 24.9 Å². The van der Waals surface area contributed by atoms with Crippen molar-refractivity contribution in [2.75, 3.05) is 0 Å². The van der Waals surface area contributed by atoms with E-state index in [2.05, 4.69) is 37.0 Å². The lowest BCUT2D eigenvalue weighted by atomic mass is 10.2. The highest BCUT2D eigenvalue weighted by Crippen LogP contribution is 2.30. The van der Waals surface area contributed by atoms with Crippen molar-refractivity contribution in [1.29, 1.82) is 0 Å². The average molecular weight is 436 g/mol. The summed E-state index contributed by atoms with van der Waals surface area (Å²) < 4.78 is 13.0. The van der Waals surface area contributed by atoms with E-state index in [0.29, 0.717) is 24.0 Å². The highest BCUT2D eigenvalue weighted by Gasteiger charge is 2.19. The molecule has 0 saturated heterocycles. The van der Waals surface area contributed by atoms with Crippen molar-refractivity contribution in [3.8, 4) is 22.1 Å². The van der Waals surface area contributed by atoms with Crippen molar-refractivity contribution in [2.24, 2.45) is 0 Å². The topological polar surface area (TPSA) is 82.8 Å². The van der Waals surface area contributed by atoms with E-state index in [-0.39, 0.29) is 0 Å². The predicted octanol–water partition coefficient (Wildman–Crippen LogP) is 5.30. The lowest BCUT2D eigenvalue weighted by molar-refractivity contribution is 0.391. The quantitative estimate of drug-likeness (QED) is 0.321. The smallest absolute Gasteiger partial charge is 0.237 e. The van der Waals surface area contributed by atoms with Crippen LogP contribution in [-0.2, 0) is 12.3 Å². The van der Waals surface area contributed by atoms with E-state index < -0.39 is 0 Å². The van der Waals surface area contributed by atoms with Crippen LogP contribution >= 0.6 is 23.1 Å². The molecule has 0 aliphatic carbocycles. The second-order valence-corrected chi connectivity index (χ2v) is 8.44. The molecule has 7 nitrogen and oxygen atoms in total. The van der Waals surface area contributed by atoms with E-state index in [9.17, 15) is 0 Å². The molecular weight excluding hydrogens is 418 g/mol. The molecule has 0 N–H and O–H groups in total. The Balaban J connectivity index is 1.42. The zero-order valence-corrected chi connectivity index (χ0v) is 17.7. The van der Waals surface area contributed by atoms with Crippen LogP contribution in [0.1, 0.15) is 17.2 Å². The standard InChI is InChI=1S/C21H17N5O2S2/c1-14-16(9-10-27-14)20-23-24-21(26(20)12-15-6-3-2-4-7-15)30-13-18-22-19(25-28-18)17-8-5-11-29-17/h2-11H,12-13H2,1H3. The SMILES string of the molecule is Cc1occc1-c1nnc(SCc2nc(-c3cccs3)no2)n1Cc1ccccc1. The summed E-state index contributed by atoms with van der Waals surface area (Å²) in [7, 11) is 0. The lowest BCUT2D eigenvalue weighted by Crippen LogP contribution is -2.04. The van der Waals surface area contributed by atoms with Gasteiger partial charge in [-0.1, -0.05) is 53.3 Å². The summed E-state index contributed by atoms with van der Waals surface area (Å²) in [6.45, 7) is 2.58. The first-order valence-corrected chi connectivity index (χ1v) is 11.2. The van der Waals surface area contributed by atoms with Crippen LogP contribution in [0.25, 0.3) is 22.1 Å². The maximum atomic E-state index is 5.48. The molecule has 1 aromatic carbocycles. The fourth-order valence-electron chi connectivity index (χ4n) is 3.07. The van der Waals surface area contributed by atoms with Crippen LogP contribution in [0.4, 0.5) is 0 Å². The number of thiophene rings is 1. The van der Waals surface area contributed by atoms with E-state index in [0.717, 1.165) is 27.2 Å². The molecule has 0 aliphatic heterocycles. The highest BCUT2D eigenvalue weighted by atomic mass is 32.2. The zero-order valence-electron chi connectivity index (χ0n) is 16.1. The summed E-state index contributed by atoms with van der Waals surface area (Å²) >= 11 is 3.10. The molecule has 9 heteroatoms. The molecule has 5 rings (SSSR count). The molecule has 30 heavy (non-hydrogen) atoms. The molecule has 0 saturated carbocycles. The molecule has 0 unspecified atom stereocenters. The maximum absolute atomic E-state index is 5.48. The van der Waals surface area contributed by atoms with Crippen LogP contribution < -0.4 is 0 Å². The van der Waals surface area contributed by atoms with Gasteiger partial charge in [0.15, 0.2) is 11.0 Å². The van der Waals surface area contributed by atoms with Gasteiger partial charge in [0, 0.05) is 0 Å². The molecule has 4 aromatic heterocycles. The molecule has 0 amide bonds. The number of furan rings is 1. The first-order valence-electron chi connectivity index (χ1n) is 9.29. The summed E-state index contributed by atoms with van der Waals surface area (Å²) in [5, 5.41) is 15.7. The van der Waals surface area contributed by atoms with Crippen LogP contribution in [0.2, 0.25) is 0 Å². The number of nitrogens with zero attached hydrogens (tertiary/aromatic N) is 5. The Morgan fingerprint density at radius 3 is 2.73 bits per heavy atom. The minimum atomic E-state index is 0.510. The fraction of sp³-hybridized carbons (Fsp3) is 0.143.